The van der Waals surface area contributed by atoms with Gasteiger partial charge in [-0.2, -0.15) is 0 Å². The molecule has 1 aliphatic carbocycles. The fourth-order valence-electron chi connectivity index (χ4n) is 3.15. The molecule has 0 aromatic heterocycles. The lowest BCUT2D eigenvalue weighted by Gasteiger charge is -2.15. The minimum atomic E-state index is -0.218. The highest BCUT2D eigenvalue weighted by Gasteiger charge is 2.29. The summed E-state index contributed by atoms with van der Waals surface area (Å²) in [6, 6.07) is 16.5. The number of carbonyl (C=O) groups excluding carboxylic acids is 3. The van der Waals surface area contributed by atoms with E-state index in [0.717, 1.165) is 18.4 Å². The molecule has 152 valence electrons. The van der Waals surface area contributed by atoms with E-state index in [1.807, 2.05) is 37.3 Å². The van der Waals surface area contributed by atoms with E-state index in [2.05, 4.69) is 16.0 Å². The maximum absolute atomic E-state index is 12.6. The molecule has 0 saturated heterocycles. The van der Waals surface area contributed by atoms with Gasteiger partial charge in [0.15, 0.2) is 0 Å². The molecule has 0 bridgehead atoms. The zero-order chi connectivity index (χ0) is 20.6. The van der Waals surface area contributed by atoms with E-state index in [4.69, 9.17) is 0 Å². The van der Waals surface area contributed by atoms with Crippen molar-refractivity contribution in [2.75, 3.05) is 18.4 Å². The van der Waals surface area contributed by atoms with Gasteiger partial charge in [-0.1, -0.05) is 37.3 Å². The van der Waals surface area contributed by atoms with Gasteiger partial charge in [0.2, 0.25) is 11.8 Å². The topological polar surface area (TPSA) is 87.3 Å². The lowest BCUT2D eigenvalue weighted by Crippen LogP contribution is -2.35. The van der Waals surface area contributed by atoms with Crippen molar-refractivity contribution in [2.24, 2.45) is 5.92 Å². The first-order valence-corrected chi connectivity index (χ1v) is 10.1. The van der Waals surface area contributed by atoms with Crippen molar-refractivity contribution in [1.29, 1.82) is 0 Å². The Hall–Kier alpha value is -3.15. The number of benzene rings is 2. The van der Waals surface area contributed by atoms with Crippen LogP contribution in [-0.2, 0) is 9.59 Å². The summed E-state index contributed by atoms with van der Waals surface area (Å²) in [5.41, 5.74) is 2.14. The molecule has 29 heavy (non-hydrogen) atoms. The molecular weight excluding hydrogens is 366 g/mol. The van der Waals surface area contributed by atoms with Crippen molar-refractivity contribution in [3.8, 4) is 0 Å². The molecule has 1 atom stereocenters. The third-order valence-corrected chi connectivity index (χ3v) is 5.00. The Morgan fingerprint density at radius 2 is 1.59 bits per heavy atom. The van der Waals surface area contributed by atoms with E-state index in [1.54, 1.807) is 24.3 Å². The van der Waals surface area contributed by atoms with Gasteiger partial charge in [0.1, 0.15) is 0 Å². The first-order chi connectivity index (χ1) is 14.1. The normalized spacial score (nSPS) is 14.0. The van der Waals surface area contributed by atoms with Gasteiger partial charge in [0.05, 0.1) is 5.92 Å². The largest absolute Gasteiger partial charge is 0.354 e. The molecule has 1 fully saturated rings. The minimum absolute atomic E-state index is 0.0673. The molecule has 3 amide bonds. The van der Waals surface area contributed by atoms with Crippen LogP contribution in [0.1, 0.15) is 48.0 Å². The van der Waals surface area contributed by atoms with Crippen LogP contribution in [0.25, 0.3) is 0 Å². The monoisotopic (exact) mass is 393 g/mol. The zero-order valence-corrected chi connectivity index (χ0v) is 16.6. The summed E-state index contributed by atoms with van der Waals surface area (Å²) in [5.74, 6) is -0.255. The van der Waals surface area contributed by atoms with Gasteiger partial charge < -0.3 is 16.0 Å². The highest BCUT2D eigenvalue weighted by atomic mass is 16.2. The SMILES string of the molecule is CCC(C(=O)Nc1ccc(C(=O)NCCNC(=O)C2CC2)cc1)c1ccccc1. The second-order valence-corrected chi connectivity index (χ2v) is 7.26. The quantitative estimate of drug-likeness (QED) is 0.572. The Morgan fingerprint density at radius 1 is 0.931 bits per heavy atom. The van der Waals surface area contributed by atoms with Crippen LogP contribution in [-0.4, -0.2) is 30.8 Å². The number of amides is 3. The van der Waals surface area contributed by atoms with Crippen LogP contribution in [0, 0.1) is 5.92 Å². The summed E-state index contributed by atoms with van der Waals surface area (Å²) >= 11 is 0. The summed E-state index contributed by atoms with van der Waals surface area (Å²) in [6.45, 7) is 2.79. The Morgan fingerprint density at radius 3 is 2.21 bits per heavy atom. The third kappa shape index (κ3) is 5.91. The average Bonchev–Trinajstić information content (AvgIpc) is 3.58. The van der Waals surface area contributed by atoms with Gasteiger partial charge in [-0.3, -0.25) is 14.4 Å². The molecule has 1 unspecified atom stereocenters. The second kappa shape index (κ2) is 9.87. The number of nitrogens with one attached hydrogen (secondary N) is 3. The Kier molecular flexibility index (Phi) is 7.00. The smallest absolute Gasteiger partial charge is 0.251 e. The predicted molar refractivity (Wildman–Crippen MR) is 113 cm³/mol. The molecule has 6 nitrogen and oxygen atoms in total. The number of hydrogen-bond donors (Lipinski definition) is 3. The van der Waals surface area contributed by atoms with Crippen LogP contribution in [0.3, 0.4) is 0 Å². The van der Waals surface area contributed by atoms with Crippen molar-refractivity contribution in [3.05, 3.63) is 65.7 Å². The fraction of sp³-hybridized carbons (Fsp3) is 0.348. The highest BCUT2D eigenvalue weighted by Crippen LogP contribution is 2.28. The summed E-state index contributed by atoms with van der Waals surface area (Å²) in [4.78, 5) is 36.4. The molecule has 6 heteroatoms. The number of hydrogen-bond acceptors (Lipinski definition) is 3. The Balaban J connectivity index is 1.47. The van der Waals surface area contributed by atoms with Crippen LogP contribution in [0.15, 0.2) is 54.6 Å². The van der Waals surface area contributed by atoms with E-state index >= 15 is 0 Å². The van der Waals surface area contributed by atoms with Gasteiger partial charge >= 0.3 is 0 Å². The standard InChI is InChI=1S/C23H27N3O3/c1-2-20(16-6-4-3-5-7-16)23(29)26-19-12-10-18(11-13-19)22(28)25-15-14-24-21(27)17-8-9-17/h3-7,10-13,17,20H,2,8-9,14-15H2,1H3,(H,24,27)(H,25,28)(H,26,29). The van der Waals surface area contributed by atoms with Crippen molar-refractivity contribution in [1.82, 2.24) is 10.6 Å². The molecule has 1 aliphatic rings. The lowest BCUT2D eigenvalue weighted by molar-refractivity contribution is -0.122. The van der Waals surface area contributed by atoms with Gasteiger partial charge in [-0.25, -0.2) is 0 Å². The maximum atomic E-state index is 12.6. The van der Waals surface area contributed by atoms with E-state index < -0.39 is 0 Å². The Bertz CT molecular complexity index is 845. The van der Waals surface area contributed by atoms with Gasteiger partial charge in [0, 0.05) is 30.3 Å². The van der Waals surface area contributed by atoms with E-state index in [-0.39, 0.29) is 29.6 Å². The van der Waals surface area contributed by atoms with Crippen LogP contribution in [0.4, 0.5) is 5.69 Å². The molecule has 3 N–H and O–H groups in total. The molecule has 0 radical (unpaired) electrons. The first-order valence-electron chi connectivity index (χ1n) is 10.1. The van der Waals surface area contributed by atoms with Gasteiger partial charge in [-0.15, -0.1) is 0 Å². The number of rotatable bonds is 9. The lowest BCUT2D eigenvalue weighted by atomic mass is 9.95. The van der Waals surface area contributed by atoms with Crippen LogP contribution in [0.5, 0.6) is 0 Å². The summed E-state index contributed by atoms with van der Waals surface area (Å²) in [7, 11) is 0. The number of anilines is 1. The predicted octanol–water partition coefficient (Wildman–Crippen LogP) is 3.07. The summed E-state index contributed by atoms with van der Waals surface area (Å²) in [6.07, 6.45) is 2.63. The third-order valence-electron chi connectivity index (χ3n) is 5.00. The van der Waals surface area contributed by atoms with Crippen molar-refractivity contribution >= 4 is 23.4 Å². The van der Waals surface area contributed by atoms with Crippen LogP contribution >= 0.6 is 0 Å². The average molecular weight is 393 g/mol. The van der Waals surface area contributed by atoms with Crippen molar-refractivity contribution in [2.45, 2.75) is 32.1 Å². The molecule has 0 heterocycles. The van der Waals surface area contributed by atoms with Crippen LogP contribution < -0.4 is 16.0 Å². The molecule has 0 aliphatic heterocycles. The van der Waals surface area contributed by atoms with Crippen LogP contribution in [0.2, 0.25) is 0 Å². The molecule has 2 aromatic carbocycles. The minimum Gasteiger partial charge on any atom is -0.354 e. The van der Waals surface area contributed by atoms with E-state index in [0.29, 0.717) is 30.8 Å². The van der Waals surface area contributed by atoms with E-state index in [1.165, 1.54) is 0 Å². The molecule has 2 aromatic rings. The van der Waals surface area contributed by atoms with E-state index in [9.17, 15) is 14.4 Å². The zero-order valence-electron chi connectivity index (χ0n) is 16.6. The second-order valence-electron chi connectivity index (χ2n) is 7.26. The Labute approximate surface area is 171 Å². The molecule has 0 spiro atoms. The maximum Gasteiger partial charge on any atom is 0.251 e. The van der Waals surface area contributed by atoms with Gasteiger partial charge in [0.25, 0.3) is 5.91 Å². The number of carbonyl (C=O) groups is 3. The molecular formula is C23H27N3O3. The summed E-state index contributed by atoms with van der Waals surface area (Å²) in [5, 5.41) is 8.51. The van der Waals surface area contributed by atoms with Gasteiger partial charge in [-0.05, 0) is 49.1 Å². The molecule has 1 saturated carbocycles. The van der Waals surface area contributed by atoms with Crippen molar-refractivity contribution < 1.29 is 14.4 Å². The molecule has 3 rings (SSSR count). The first kappa shape index (κ1) is 20.6. The highest BCUT2D eigenvalue weighted by molar-refractivity contribution is 5.97. The fourth-order valence-corrected chi connectivity index (χ4v) is 3.15. The summed E-state index contributed by atoms with van der Waals surface area (Å²) < 4.78 is 0. The van der Waals surface area contributed by atoms with Crippen molar-refractivity contribution in [3.63, 3.8) is 0 Å².